The van der Waals surface area contributed by atoms with Crippen molar-refractivity contribution < 1.29 is 0 Å². The van der Waals surface area contributed by atoms with Crippen LogP contribution in [0.5, 0.6) is 0 Å². The molecule has 9 aromatic rings. The van der Waals surface area contributed by atoms with E-state index in [4.69, 9.17) is 0 Å². The van der Waals surface area contributed by atoms with Crippen molar-refractivity contribution in [1.29, 1.82) is 0 Å². The van der Waals surface area contributed by atoms with Gasteiger partial charge in [0.25, 0.3) is 0 Å². The SMILES string of the molecule is C=C/C=C\C1=C(C)c2ccc(N3c4ccccc4C(C)(C)c4cc(-c5ccc6c(c5)c5cc7sc8ccccc8c7cc5n6-c5ccccc5)ccc43)cc2C1(C)C. The van der Waals surface area contributed by atoms with Crippen molar-refractivity contribution in [3.05, 3.63) is 198 Å². The summed E-state index contributed by atoms with van der Waals surface area (Å²) in [6.45, 7) is 15.7. The summed E-state index contributed by atoms with van der Waals surface area (Å²) in [4.78, 5) is 2.50. The van der Waals surface area contributed by atoms with Gasteiger partial charge >= 0.3 is 0 Å². The largest absolute Gasteiger partial charge is 0.310 e. The van der Waals surface area contributed by atoms with Gasteiger partial charge < -0.3 is 9.47 Å². The Balaban J connectivity index is 1.09. The summed E-state index contributed by atoms with van der Waals surface area (Å²) in [7, 11) is 0. The maximum absolute atomic E-state index is 3.94. The first-order valence-corrected chi connectivity index (χ1v) is 21.1. The fourth-order valence-corrected chi connectivity index (χ4v) is 11.3. The van der Waals surface area contributed by atoms with E-state index in [1.54, 1.807) is 0 Å². The number of nitrogens with zero attached hydrogens (tertiary/aromatic N) is 2. The summed E-state index contributed by atoms with van der Waals surface area (Å²) in [6.07, 6.45) is 6.17. The van der Waals surface area contributed by atoms with Crippen molar-refractivity contribution >= 4 is 76.0 Å². The maximum Gasteiger partial charge on any atom is 0.0548 e. The van der Waals surface area contributed by atoms with Gasteiger partial charge in [-0.25, -0.2) is 0 Å². The molecule has 0 amide bonds. The molecule has 0 bridgehead atoms. The molecule has 2 aliphatic rings. The van der Waals surface area contributed by atoms with Crippen LogP contribution in [0.2, 0.25) is 0 Å². The first-order valence-electron chi connectivity index (χ1n) is 20.3. The number of benzene rings is 7. The highest BCUT2D eigenvalue weighted by Gasteiger charge is 2.39. The van der Waals surface area contributed by atoms with Gasteiger partial charge in [0, 0.05) is 53.1 Å². The van der Waals surface area contributed by atoms with E-state index in [1.807, 2.05) is 17.4 Å². The minimum Gasteiger partial charge on any atom is -0.310 e. The molecule has 0 atom stereocenters. The highest BCUT2D eigenvalue weighted by Crippen LogP contribution is 2.55. The van der Waals surface area contributed by atoms with E-state index < -0.39 is 0 Å². The number of anilines is 3. The van der Waals surface area contributed by atoms with Gasteiger partial charge in [0.1, 0.15) is 0 Å². The Hall–Kier alpha value is -6.42. The van der Waals surface area contributed by atoms with Gasteiger partial charge in [-0.15, -0.1) is 11.3 Å². The van der Waals surface area contributed by atoms with Crippen molar-refractivity contribution in [2.45, 2.75) is 45.4 Å². The molecule has 7 aromatic carbocycles. The number of aromatic nitrogens is 1. The van der Waals surface area contributed by atoms with Gasteiger partial charge in [-0.3, -0.25) is 0 Å². The maximum atomic E-state index is 3.94. The summed E-state index contributed by atoms with van der Waals surface area (Å²) in [6, 6.07) is 54.7. The van der Waals surface area contributed by atoms with E-state index in [0.29, 0.717) is 0 Å². The Bertz CT molecular complexity index is 3260. The molecule has 0 fully saturated rings. The molecule has 1 aliphatic carbocycles. The monoisotopic (exact) mass is 764 g/mol. The smallest absolute Gasteiger partial charge is 0.0548 e. The zero-order chi connectivity index (χ0) is 39.5. The zero-order valence-electron chi connectivity index (χ0n) is 33.6. The van der Waals surface area contributed by atoms with Crippen LogP contribution in [0.4, 0.5) is 17.1 Å². The lowest BCUT2D eigenvalue weighted by molar-refractivity contribution is 0.631. The Labute approximate surface area is 344 Å². The summed E-state index contributed by atoms with van der Waals surface area (Å²) < 4.78 is 5.10. The second-order valence-corrected chi connectivity index (χ2v) is 18.1. The summed E-state index contributed by atoms with van der Waals surface area (Å²) in [5.41, 5.74) is 17.4. The second kappa shape index (κ2) is 12.5. The van der Waals surface area contributed by atoms with Crippen molar-refractivity contribution in [2.75, 3.05) is 4.90 Å². The van der Waals surface area contributed by atoms with Crippen LogP contribution in [0.3, 0.4) is 0 Å². The van der Waals surface area contributed by atoms with Crippen LogP contribution in [0.25, 0.3) is 64.4 Å². The van der Waals surface area contributed by atoms with Crippen molar-refractivity contribution in [1.82, 2.24) is 4.57 Å². The van der Waals surface area contributed by atoms with Crippen molar-refractivity contribution in [3.8, 4) is 16.8 Å². The Morgan fingerprint density at radius 1 is 0.534 bits per heavy atom. The molecular weight excluding hydrogens is 721 g/mol. The van der Waals surface area contributed by atoms with E-state index in [9.17, 15) is 0 Å². The first kappa shape index (κ1) is 34.8. The van der Waals surface area contributed by atoms with Crippen molar-refractivity contribution in [3.63, 3.8) is 0 Å². The molecule has 2 nitrogen and oxygen atoms in total. The molecular formula is C55H44N2S. The topological polar surface area (TPSA) is 8.17 Å². The van der Waals surface area contributed by atoms with Gasteiger partial charge in [0.2, 0.25) is 0 Å². The second-order valence-electron chi connectivity index (χ2n) is 17.1. The Morgan fingerprint density at radius 2 is 1.26 bits per heavy atom. The van der Waals surface area contributed by atoms with E-state index in [1.165, 1.54) is 109 Å². The van der Waals surface area contributed by atoms with Crippen LogP contribution in [0.15, 0.2) is 176 Å². The van der Waals surface area contributed by atoms with Crippen LogP contribution >= 0.6 is 11.3 Å². The third-order valence-corrected chi connectivity index (χ3v) is 14.3. The van der Waals surface area contributed by atoms with Crippen LogP contribution in [-0.4, -0.2) is 4.57 Å². The molecule has 0 N–H and O–H groups in total. The highest BCUT2D eigenvalue weighted by molar-refractivity contribution is 7.25. The fraction of sp³-hybridized carbons (Fsp3) is 0.127. The highest BCUT2D eigenvalue weighted by atomic mass is 32.1. The quantitative estimate of drug-likeness (QED) is 0.158. The minimum absolute atomic E-state index is 0.124. The van der Waals surface area contributed by atoms with Gasteiger partial charge in [0.05, 0.1) is 22.4 Å². The zero-order valence-corrected chi connectivity index (χ0v) is 34.4. The normalized spacial score (nSPS) is 15.5. The van der Waals surface area contributed by atoms with Crippen LogP contribution in [0.1, 0.15) is 56.9 Å². The fourth-order valence-electron chi connectivity index (χ4n) is 10.2. The molecule has 0 unspecified atom stereocenters. The number of fused-ring (bicyclic) bond motifs is 9. The number of thiophene rings is 1. The van der Waals surface area contributed by atoms with Gasteiger partial charge in [-0.05, 0) is 124 Å². The van der Waals surface area contributed by atoms with Gasteiger partial charge in [-0.1, -0.05) is 125 Å². The Kier molecular flexibility index (Phi) is 7.52. The average Bonchev–Trinajstić information content (AvgIpc) is 3.83. The molecule has 3 heteroatoms. The predicted octanol–water partition coefficient (Wildman–Crippen LogP) is 15.7. The Morgan fingerprint density at radius 3 is 2.10 bits per heavy atom. The first-order chi connectivity index (χ1) is 28.1. The molecule has 58 heavy (non-hydrogen) atoms. The van der Waals surface area contributed by atoms with Crippen LogP contribution < -0.4 is 4.90 Å². The molecule has 1 aliphatic heterocycles. The summed E-state index contributed by atoms with van der Waals surface area (Å²) in [5.74, 6) is 0. The third kappa shape index (κ3) is 4.90. The minimum atomic E-state index is -0.213. The van der Waals surface area contributed by atoms with Gasteiger partial charge in [-0.2, -0.15) is 0 Å². The molecule has 3 heterocycles. The lowest BCUT2D eigenvalue weighted by Gasteiger charge is -2.42. The molecule has 280 valence electrons. The van der Waals surface area contributed by atoms with E-state index >= 15 is 0 Å². The summed E-state index contributed by atoms with van der Waals surface area (Å²) in [5, 5.41) is 5.19. The predicted molar refractivity (Wildman–Crippen MR) is 251 cm³/mol. The standard InChI is InChI=1S/C55H44N2S/c1-7-8-19-44-34(2)39-26-25-38(31-46(39)54(44,3)4)57-49-21-14-13-20-45(49)55(5,6)47-30-36(24-28-50(47)57)35-23-27-48-41(29-35)42-33-53-43(40-18-12-15-22-52(40)58-53)32-51(42)56(48)37-16-10-9-11-17-37/h7-33H,1H2,2-6H3/b19-8-. The number of allylic oxidation sites excluding steroid dienone is 5. The average molecular weight is 765 g/mol. The third-order valence-electron chi connectivity index (χ3n) is 13.2. The molecule has 2 aromatic heterocycles. The number of hydrogen-bond donors (Lipinski definition) is 0. The van der Waals surface area contributed by atoms with Gasteiger partial charge in [0.15, 0.2) is 0 Å². The molecule has 0 spiro atoms. The lowest BCUT2D eigenvalue weighted by atomic mass is 9.72. The molecule has 0 saturated carbocycles. The molecule has 0 saturated heterocycles. The molecule has 11 rings (SSSR count). The van der Waals surface area contributed by atoms with Crippen LogP contribution in [-0.2, 0) is 10.8 Å². The lowest BCUT2D eigenvalue weighted by Crippen LogP contribution is -2.30. The number of rotatable bonds is 5. The van der Waals surface area contributed by atoms with E-state index in [2.05, 4.69) is 208 Å². The number of hydrogen-bond acceptors (Lipinski definition) is 2. The van der Waals surface area contributed by atoms with Crippen molar-refractivity contribution in [2.24, 2.45) is 0 Å². The number of para-hydroxylation sites is 2. The summed E-state index contributed by atoms with van der Waals surface area (Å²) >= 11 is 1.89. The van der Waals surface area contributed by atoms with E-state index in [0.717, 1.165) is 0 Å². The van der Waals surface area contributed by atoms with Crippen LogP contribution in [0, 0.1) is 0 Å². The molecule has 0 radical (unpaired) electrons. The van der Waals surface area contributed by atoms with E-state index in [-0.39, 0.29) is 10.8 Å².